The van der Waals surface area contributed by atoms with Crippen LogP contribution >= 0.6 is 0 Å². The third kappa shape index (κ3) is 4.23. The number of fused-ring (bicyclic) bond motifs is 1. The number of carbonyl (C=O) groups is 2. The van der Waals surface area contributed by atoms with Crippen LogP contribution in [-0.2, 0) is 23.2 Å². The molecule has 0 spiro atoms. The van der Waals surface area contributed by atoms with Gasteiger partial charge in [0.15, 0.2) is 0 Å². The molecule has 0 bridgehead atoms. The van der Waals surface area contributed by atoms with Gasteiger partial charge < -0.3 is 19.9 Å². The molecule has 0 radical (unpaired) electrons. The first-order valence-corrected chi connectivity index (χ1v) is 10.7. The zero-order chi connectivity index (χ0) is 22.0. The number of imide groups is 1. The maximum Gasteiger partial charge on any atom is 0.325 e. The van der Waals surface area contributed by atoms with Gasteiger partial charge in [-0.15, -0.1) is 0 Å². The molecule has 164 valence electrons. The minimum atomic E-state index is -1.13. The van der Waals surface area contributed by atoms with Crippen LogP contribution in [0.15, 0.2) is 42.5 Å². The summed E-state index contributed by atoms with van der Waals surface area (Å²) in [6, 6.07) is 12.5. The van der Waals surface area contributed by atoms with Crippen LogP contribution in [0.3, 0.4) is 0 Å². The normalized spacial score (nSPS) is 21.1. The molecule has 3 amide bonds. The van der Waals surface area contributed by atoms with Crippen molar-refractivity contribution in [2.24, 2.45) is 0 Å². The van der Waals surface area contributed by atoms with Gasteiger partial charge in [0.05, 0.1) is 13.2 Å². The zero-order valence-corrected chi connectivity index (χ0v) is 17.9. The van der Waals surface area contributed by atoms with Crippen molar-refractivity contribution >= 4 is 11.9 Å². The van der Waals surface area contributed by atoms with Gasteiger partial charge in [-0.1, -0.05) is 18.2 Å². The van der Waals surface area contributed by atoms with E-state index in [1.54, 1.807) is 31.2 Å². The third-order valence-corrected chi connectivity index (χ3v) is 5.92. The first-order chi connectivity index (χ1) is 14.9. The molecule has 2 N–H and O–H groups in total. The number of carbonyl (C=O) groups excluding carboxylic acids is 2. The fourth-order valence-electron chi connectivity index (χ4n) is 4.20. The van der Waals surface area contributed by atoms with E-state index in [4.69, 9.17) is 9.47 Å². The summed E-state index contributed by atoms with van der Waals surface area (Å²) < 4.78 is 11.0. The van der Waals surface area contributed by atoms with E-state index in [0.717, 1.165) is 35.5 Å². The van der Waals surface area contributed by atoms with Gasteiger partial charge in [-0.2, -0.15) is 0 Å². The second kappa shape index (κ2) is 8.59. The van der Waals surface area contributed by atoms with Gasteiger partial charge in [-0.25, -0.2) is 4.79 Å². The molecule has 7 heteroatoms. The van der Waals surface area contributed by atoms with Crippen LogP contribution in [0, 0.1) is 0 Å². The lowest BCUT2D eigenvalue weighted by atomic mass is 9.89. The number of aliphatic hydroxyl groups is 1. The highest BCUT2D eigenvalue weighted by atomic mass is 16.5. The Labute approximate surface area is 182 Å². The summed E-state index contributed by atoms with van der Waals surface area (Å²) in [5.74, 6) is 0.943. The Hall–Kier alpha value is -3.06. The Morgan fingerprint density at radius 1 is 1.06 bits per heavy atom. The van der Waals surface area contributed by atoms with Crippen LogP contribution in [0.2, 0.25) is 0 Å². The molecule has 1 aliphatic carbocycles. The van der Waals surface area contributed by atoms with E-state index >= 15 is 0 Å². The van der Waals surface area contributed by atoms with E-state index in [9.17, 15) is 14.7 Å². The Morgan fingerprint density at radius 2 is 1.74 bits per heavy atom. The molecule has 2 atom stereocenters. The van der Waals surface area contributed by atoms with Crippen molar-refractivity contribution in [3.8, 4) is 11.5 Å². The number of ether oxygens (including phenoxy) is 2. The van der Waals surface area contributed by atoms with E-state index < -0.39 is 17.7 Å². The van der Waals surface area contributed by atoms with Crippen molar-refractivity contribution in [3.05, 3.63) is 59.2 Å². The number of rotatable bonds is 8. The molecule has 2 unspecified atom stereocenters. The van der Waals surface area contributed by atoms with Crippen molar-refractivity contribution in [1.82, 2.24) is 10.2 Å². The fraction of sp³-hybridized carbons (Fsp3) is 0.417. The maximum absolute atomic E-state index is 13.1. The second-order valence-electron chi connectivity index (χ2n) is 8.18. The third-order valence-electron chi connectivity index (χ3n) is 5.92. The van der Waals surface area contributed by atoms with Crippen molar-refractivity contribution in [2.75, 3.05) is 19.8 Å². The minimum absolute atomic E-state index is 0.0411. The Morgan fingerprint density at radius 3 is 2.45 bits per heavy atom. The molecule has 1 saturated heterocycles. The first-order valence-electron chi connectivity index (χ1n) is 10.7. The Balaban J connectivity index is 1.38. The number of hydrogen-bond acceptors (Lipinski definition) is 5. The summed E-state index contributed by atoms with van der Waals surface area (Å²) in [4.78, 5) is 26.7. The lowest BCUT2D eigenvalue weighted by Crippen LogP contribution is -2.42. The van der Waals surface area contributed by atoms with Crippen molar-refractivity contribution in [3.63, 3.8) is 0 Å². The monoisotopic (exact) mass is 424 g/mol. The first kappa shape index (κ1) is 21.2. The van der Waals surface area contributed by atoms with Crippen molar-refractivity contribution in [1.29, 1.82) is 0 Å². The van der Waals surface area contributed by atoms with Crippen LogP contribution in [0.5, 0.6) is 11.5 Å². The number of benzene rings is 2. The quantitative estimate of drug-likeness (QED) is 0.637. The average molecular weight is 424 g/mol. The number of β-amino-alcohol motifs (C(OH)–C–C–N with tert-alkyl or cyclic N) is 1. The molecule has 0 aromatic heterocycles. The standard InChI is InChI=1S/C24H28N2O5/c1-3-30-20-9-11-21(12-10-20)31-15-19(27)14-26-22(28)24(2,25-23(26)29)18-8-7-16-5-4-6-17(16)13-18/h7-13,19,27H,3-6,14-15H2,1-2H3,(H,25,29). The molecule has 2 aromatic rings. The Bertz CT molecular complexity index is 974. The van der Waals surface area contributed by atoms with Crippen molar-refractivity contribution < 1.29 is 24.2 Å². The highest BCUT2D eigenvalue weighted by Crippen LogP contribution is 2.32. The van der Waals surface area contributed by atoms with Gasteiger partial charge in [0.1, 0.15) is 29.7 Å². The van der Waals surface area contributed by atoms with Crippen molar-refractivity contribution in [2.45, 2.75) is 44.8 Å². The van der Waals surface area contributed by atoms with E-state index in [0.29, 0.717) is 12.4 Å². The smallest absolute Gasteiger partial charge is 0.325 e. The number of hydrogen-bond donors (Lipinski definition) is 2. The number of nitrogens with one attached hydrogen (secondary N) is 1. The molecular weight excluding hydrogens is 396 g/mol. The number of nitrogens with zero attached hydrogens (tertiary/aromatic N) is 1. The molecule has 0 saturated carbocycles. The van der Waals surface area contributed by atoms with Crippen LogP contribution in [0.25, 0.3) is 0 Å². The highest BCUT2D eigenvalue weighted by Gasteiger charge is 2.49. The van der Waals surface area contributed by atoms with Gasteiger partial charge in [0, 0.05) is 0 Å². The lowest BCUT2D eigenvalue weighted by molar-refractivity contribution is -0.132. The molecule has 7 nitrogen and oxygen atoms in total. The fourth-order valence-corrected chi connectivity index (χ4v) is 4.20. The predicted octanol–water partition coefficient (Wildman–Crippen LogP) is 2.78. The van der Waals surface area contributed by atoms with Crippen LogP contribution in [0.4, 0.5) is 4.79 Å². The van der Waals surface area contributed by atoms with Gasteiger partial charge >= 0.3 is 6.03 Å². The molecule has 1 fully saturated rings. The van der Waals surface area contributed by atoms with Crippen LogP contribution in [-0.4, -0.2) is 47.8 Å². The summed E-state index contributed by atoms with van der Waals surface area (Å²) in [6.07, 6.45) is 2.15. The summed E-state index contributed by atoms with van der Waals surface area (Å²) >= 11 is 0. The zero-order valence-electron chi connectivity index (χ0n) is 17.9. The number of urea groups is 1. The molecule has 1 aliphatic heterocycles. The number of aliphatic hydroxyl groups excluding tert-OH is 1. The molecule has 4 rings (SSSR count). The number of aryl methyl sites for hydroxylation is 2. The largest absolute Gasteiger partial charge is 0.494 e. The molecule has 2 aromatic carbocycles. The van der Waals surface area contributed by atoms with Gasteiger partial charge in [-0.05, 0) is 74.1 Å². The topological polar surface area (TPSA) is 88.1 Å². The predicted molar refractivity (Wildman–Crippen MR) is 115 cm³/mol. The minimum Gasteiger partial charge on any atom is -0.494 e. The molecule has 1 heterocycles. The molecular formula is C24H28N2O5. The van der Waals surface area contributed by atoms with E-state index in [-0.39, 0.29) is 19.1 Å². The maximum atomic E-state index is 13.1. The Kier molecular flexibility index (Phi) is 5.87. The summed E-state index contributed by atoms with van der Waals surface area (Å²) in [5.41, 5.74) is 2.18. The van der Waals surface area contributed by atoms with E-state index in [1.807, 2.05) is 25.1 Å². The molecule has 31 heavy (non-hydrogen) atoms. The van der Waals surface area contributed by atoms with E-state index in [1.165, 1.54) is 11.1 Å². The van der Waals surface area contributed by atoms with Crippen LogP contribution < -0.4 is 14.8 Å². The van der Waals surface area contributed by atoms with E-state index in [2.05, 4.69) is 5.32 Å². The summed E-state index contributed by atoms with van der Waals surface area (Å²) in [7, 11) is 0. The van der Waals surface area contributed by atoms with Gasteiger partial charge in [0.25, 0.3) is 5.91 Å². The van der Waals surface area contributed by atoms with Gasteiger partial charge in [0.2, 0.25) is 0 Å². The summed E-state index contributed by atoms with van der Waals surface area (Å²) in [5, 5.41) is 13.2. The highest BCUT2D eigenvalue weighted by molar-refractivity contribution is 6.07. The SMILES string of the molecule is CCOc1ccc(OCC(O)CN2C(=O)NC(C)(c3ccc4c(c3)CCC4)C2=O)cc1. The molecule has 2 aliphatic rings. The summed E-state index contributed by atoms with van der Waals surface area (Å²) in [6.45, 7) is 4.02. The lowest BCUT2D eigenvalue weighted by Gasteiger charge is -2.24. The second-order valence-corrected chi connectivity index (χ2v) is 8.18. The van der Waals surface area contributed by atoms with Gasteiger partial charge in [-0.3, -0.25) is 9.69 Å². The number of amides is 3. The average Bonchev–Trinajstić information content (AvgIpc) is 3.32. The van der Waals surface area contributed by atoms with Crippen LogP contribution in [0.1, 0.15) is 37.0 Å².